The lowest BCUT2D eigenvalue weighted by molar-refractivity contribution is 0.378. The number of nitrogens with zero attached hydrogens (tertiary/aromatic N) is 1. The highest BCUT2D eigenvalue weighted by atomic mass is 32.2. The SMILES string of the molecule is CCc1cc(OC)c(C2(N=C=O)CCCC2)cc1SC. The Bertz CT molecular complexity index is 530. The first-order chi connectivity index (χ1) is 9.70. The van der Waals surface area contributed by atoms with Crippen LogP contribution in [0.1, 0.15) is 43.7 Å². The molecule has 3 nitrogen and oxygen atoms in total. The van der Waals surface area contributed by atoms with E-state index >= 15 is 0 Å². The summed E-state index contributed by atoms with van der Waals surface area (Å²) in [6.07, 6.45) is 8.82. The quantitative estimate of drug-likeness (QED) is 0.466. The second-order valence-corrected chi connectivity index (χ2v) is 6.01. The Labute approximate surface area is 124 Å². The van der Waals surface area contributed by atoms with Crippen LogP contribution in [-0.4, -0.2) is 19.4 Å². The van der Waals surface area contributed by atoms with Gasteiger partial charge >= 0.3 is 0 Å². The van der Waals surface area contributed by atoms with Crippen molar-refractivity contribution in [3.63, 3.8) is 0 Å². The summed E-state index contributed by atoms with van der Waals surface area (Å²) in [6.45, 7) is 2.14. The molecular weight excluding hydrogens is 270 g/mol. The van der Waals surface area contributed by atoms with Crippen molar-refractivity contribution in [3.8, 4) is 5.75 Å². The van der Waals surface area contributed by atoms with E-state index in [2.05, 4.69) is 30.3 Å². The molecule has 0 bridgehead atoms. The van der Waals surface area contributed by atoms with E-state index in [0.717, 1.165) is 43.4 Å². The zero-order valence-corrected chi connectivity index (χ0v) is 13.2. The predicted octanol–water partition coefficient (Wildman–Crippen LogP) is 4.08. The van der Waals surface area contributed by atoms with Crippen molar-refractivity contribution in [2.75, 3.05) is 13.4 Å². The van der Waals surface area contributed by atoms with Gasteiger partial charge in [-0.1, -0.05) is 19.8 Å². The molecule has 1 aromatic carbocycles. The maximum Gasteiger partial charge on any atom is 0.235 e. The number of benzene rings is 1. The maximum absolute atomic E-state index is 10.9. The molecule has 0 N–H and O–H groups in total. The van der Waals surface area contributed by atoms with Crippen LogP contribution in [0.25, 0.3) is 0 Å². The summed E-state index contributed by atoms with van der Waals surface area (Å²) < 4.78 is 5.57. The molecule has 0 heterocycles. The molecule has 0 amide bonds. The third-order valence-corrected chi connectivity index (χ3v) is 5.00. The lowest BCUT2D eigenvalue weighted by atomic mass is 9.87. The molecular formula is C16H21NO2S. The van der Waals surface area contributed by atoms with Gasteiger partial charge in [0.25, 0.3) is 0 Å². The van der Waals surface area contributed by atoms with Crippen LogP contribution in [0.4, 0.5) is 0 Å². The summed E-state index contributed by atoms with van der Waals surface area (Å²) in [5.41, 5.74) is 1.90. The van der Waals surface area contributed by atoms with Crippen LogP contribution < -0.4 is 4.74 Å². The number of methoxy groups -OCH3 is 1. The topological polar surface area (TPSA) is 38.7 Å². The Morgan fingerprint density at radius 1 is 1.40 bits per heavy atom. The summed E-state index contributed by atoms with van der Waals surface area (Å²) in [7, 11) is 1.68. The minimum atomic E-state index is -0.427. The van der Waals surface area contributed by atoms with Gasteiger partial charge in [-0.25, -0.2) is 4.79 Å². The highest BCUT2D eigenvalue weighted by molar-refractivity contribution is 7.98. The van der Waals surface area contributed by atoms with E-state index in [1.807, 2.05) is 0 Å². The summed E-state index contributed by atoms with van der Waals surface area (Å²) in [5, 5.41) is 0. The molecule has 20 heavy (non-hydrogen) atoms. The van der Waals surface area contributed by atoms with Crippen LogP contribution in [0.5, 0.6) is 5.75 Å². The molecule has 108 valence electrons. The Morgan fingerprint density at radius 2 is 2.10 bits per heavy atom. The van der Waals surface area contributed by atoms with Crippen LogP contribution in [0.3, 0.4) is 0 Å². The van der Waals surface area contributed by atoms with Gasteiger partial charge in [-0.15, -0.1) is 11.8 Å². The maximum atomic E-state index is 10.9. The lowest BCUT2D eigenvalue weighted by Gasteiger charge is -2.26. The number of hydrogen-bond acceptors (Lipinski definition) is 4. The van der Waals surface area contributed by atoms with Gasteiger partial charge in [0.05, 0.1) is 7.11 Å². The Kier molecular flexibility index (Phi) is 4.90. The van der Waals surface area contributed by atoms with Gasteiger partial charge < -0.3 is 4.74 Å². The smallest absolute Gasteiger partial charge is 0.235 e. The van der Waals surface area contributed by atoms with E-state index in [9.17, 15) is 4.79 Å². The minimum Gasteiger partial charge on any atom is -0.496 e. The third kappa shape index (κ3) is 2.63. The molecule has 0 saturated heterocycles. The molecule has 0 atom stereocenters. The molecule has 1 fully saturated rings. The van der Waals surface area contributed by atoms with Crippen molar-refractivity contribution >= 4 is 17.8 Å². The molecule has 1 aliphatic carbocycles. The molecule has 1 saturated carbocycles. The average molecular weight is 291 g/mol. The first-order valence-electron chi connectivity index (χ1n) is 7.05. The van der Waals surface area contributed by atoms with Gasteiger partial charge in [0.2, 0.25) is 6.08 Å². The zero-order valence-electron chi connectivity index (χ0n) is 12.4. The van der Waals surface area contributed by atoms with Gasteiger partial charge in [-0.3, -0.25) is 0 Å². The largest absolute Gasteiger partial charge is 0.496 e. The molecule has 1 aliphatic rings. The van der Waals surface area contributed by atoms with Gasteiger partial charge in [0.15, 0.2) is 0 Å². The zero-order chi connectivity index (χ0) is 14.6. The summed E-state index contributed by atoms with van der Waals surface area (Å²) in [5.74, 6) is 0.848. The van der Waals surface area contributed by atoms with E-state index in [4.69, 9.17) is 4.74 Å². The van der Waals surface area contributed by atoms with Gasteiger partial charge in [0, 0.05) is 10.5 Å². The number of rotatable bonds is 5. The van der Waals surface area contributed by atoms with Gasteiger partial charge in [0.1, 0.15) is 11.3 Å². The standard InChI is InChI=1S/C16H21NO2S/c1-4-12-9-14(19-2)13(10-15(12)20-3)16(17-11-18)7-5-6-8-16/h9-10H,4-8H2,1-3H3. The molecule has 2 rings (SSSR count). The predicted molar refractivity (Wildman–Crippen MR) is 82.4 cm³/mol. The molecule has 1 aromatic rings. The fraction of sp³-hybridized carbons (Fsp3) is 0.562. The van der Waals surface area contributed by atoms with Crippen molar-refractivity contribution in [1.82, 2.24) is 0 Å². The normalized spacial score (nSPS) is 16.8. The number of aliphatic imine (C=N–C) groups is 1. The molecule has 0 spiro atoms. The average Bonchev–Trinajstić information content (AvgIpc) is 2.95. The number of hydrogen-bond donors (Lipinski definition) is 0. The van der Waals surface area contributed by atoms with E-state index in [1.165, 1.54) is 10.5 Å². The van der Waals surface area contributed by atoms with E-state index in [0.29, 0.717) is 0 Å². The first-order valence-corrected chi connectivity index (χ1v) is 8.27. The fourth-order valence-electron chi connectivity index (χ4n) is 3.09. The van der Waals surface area contributed by atoms with E-state index in [1.54, 1.807) is 25.0 Å². The monoisotopic (exact) mass is 291 g/mol. The second kappa shape index (κ2) is 6.47. The number of thioether (sulfide) groups is 1. The lowest BCUT2D eigenvalue weighted by Crippen LogP contribution is -2.20. The van der Waals surface area contributed by atoms with Crippen LogP contribution in [0, 0.1) is 0 Å². The number of isocyanates is 1. The van der Waals surface area contributed by atoms with Crippen molar-refractivity contribution in [2.45, 2.75) is 49.5 Å². The van der Waals surface area contributed by atoms with E-state index in [-0.39, 0.29) is 0 Å². The van der Waals surface area contributed by atoms with Crippen molar-refractivity contribution in [1.29, 1.82) is 0 Å². The first kappa shape index (κ1) is 15.1. The second-order valence-electron chi connectivity index (χ2n) is 5.16. The van der Waals surface area contributed by atoms with Gasteiger partial charge in [-0.05, 0) is 43.2 Å². The van der Waals surface area contributed by atoms with Crippen LogP contribution in [0.15, 0.2) is 22.0 Å². The Hall–Kier alpha value is -1.25. The Balaban J connectivity index is 2.61. The minimum absolute atomic E-state index is 0.427. The molecule has 0 aliphatic heterocycles. The van der Waals surface area contributed by atoms with Gasteiger partial charge in [-0.2, -0.15) is 4.99 Å². The molecule has 4 heteroatoms. The summed E-state index contributed by atoms with van der Waals surface area (Å²) in [6, 6.07) is 4.26. The van der Waals surface area contributed by atoms with Crippen molar-refractivity contribution in [3.05, 3.63) is 23.3 Å². The highest BCUT2D eigenvalue weighted by Gasteiger charge is 2.38. The highest BCUT2D eigenvalue weighted by Crippen LogP contribution is 2.47. The number of aryl methyl sites for hydroxylation is 1. The van der Waals surface area contributed by atoms with E-state index < -0.39 is 5.54 Å². The molecule has 0 radical (unpaired) electrons. The van der Waals surface area contributed by atoms with Crippen LogP contribution in [0.2, 0.25) is 0 Å². The number of carbonyl (C=O) groups excluding carboxylic acids is 1. The van der Waals surface area contributed by atoms with Crippen LogP contribution >= 0.6 is 11.8 Å². The van der Waals surface area contributed by atoms with Crippen molar-refractivity contribution < 1.29 is 9.53 Å². The fourth-order valence-corrected chi connectivity index (χ4v) is 3.79. The third-order valence-electron chi connectivity index (χ3n) is 4.18. The summed E-state index contributed by atoms with van der Waals surface area (Å²) >= 11 is 1.73. The number of ether oxygens (including phenoxy) is 1. The molecule has 0 aromatic heterocycles. The summed E-state index contributed by atoms with van der Waals surface area (Å²) in [4.78, 5) is 16.3. The Morgan fingerprint density at radius 3 is 2.60 bits per heavy atom. The van der Waals surface area contributed by atoms with Crippen molar-refractivity contribution in [2.24, 2.45) is 4.99 Å². The van der Waals surface area contributed by atoms with Crippen LogP contribution in [-0.2, 0) is 16.8 Å². The molecule has 0 unspecified atom stereocenters.